The van der Waals surface area contributed by atoms with Gasteiger partial charge in [0.25, 0.3) is 11.8 Å². The third kappa shape index (κ3) is 11.1. The summed E-state index contributed by atoms with van der Waals surface area (Å²) in [4.78, 5) is 28.5. The van der Waals surface area contributed by atoms with E-state index >= 15 is 0 Å². The minimum absolute atomic E-state index is 0.0122. The van der Waals surface area contributed by atoms with E-state index in [9.17, 15) is 23.5 Å². The van der Waals surface area contributed by atoms with Crippen LogP contribution in [0.25, 0.3) is 0 Å². The molecule has 4 atom stereocenters. The average Bonchev–Trinajstić information content (AvgIpc) is 2.96. The van der Waals surface area contributed by atoms with E-state index in [-0.39, 0.29) is 24.0 Å². The van der Waals surface area contributed by atoms with Crippen LogP contribution in [0.2, 0.25) is 0 Å². The van der Waals surface area contributed by atoms with E-state index in [0.717, 1.165) is 38.2 Å². The minimum Gasteiger partial charge on any atom is -0.389 e. The van der Waals surface area contributed by atoms with E-state index in [0.29, 0.717) is 43.8 Å². The molecule has 42 heavy (non-hydrogen) atoms. The van der Waals surface area contributed by atoms with E-state index in [1.165, 1.54) is 24.3 Å². The molecule has 1 fully saturated rings. The molecule has 0 spiro atoms. The lowest BCUT2D eigenvalue weighted by molar-refractivity contribution is -0.126. The third-order valence-electron chi connectivity index (χ3n) is 7.39. The molecule has 1 saturated heterocycles. The first kappa shape index (κ1) is 35.3. The number of carbonyl (C=O) groups excluding carboxylic acids is 2. The molecule has 2 rings (SSSR count). The van der Waals surface area contributed by atoms with E-state index in [2.05, 4.69) is 24.1 Å². The molecule has 0 saturated carbocycles. The Morgan fingerprint density at radius 3 is 2.38 bits per heavy atom. The Kier molecular flexibility index (Phi) is 15.7. The molecule has 2 amide bonds. The van der Waals surface area contributed by atoms with Gasteiger partial charge in [-0.25, -0.2) is 8.78 Å². The largest absolute Gasteiger partial charge is 0.389 e. The Hall–Kier alpha value is -2.88. The Morgan fingerprint density at radius 1 is 1.14 bits per heavy atom. The predicted octanol–water partition coefficient (Wildman–Crippen LogP) is 5.00. The normalized spacial score (nSPS) is 19.2. The number of allylic oxidation sites excluding steroid dienone is 1. The Bertz CT molecular complexity index is 1060. The van der Waals surface area contributed by atoms with Crippen LogP contribution < -0.4 is 10.6 Å². The molecule has 1 aromatic carbocycles. The molecular weight excluding hydrogens is 540 g/mol. The molecule has 0 aliphatic carbocycles. The number of rotatable bonds is 17. The molecular formula is C33H49F2N3O4. The zero-order chi connectivity index (χ0) is 31.1. The molecule has 3 N–H and O–H groups in total. The second-order valence-electron chi connectivity index (χ2n) is 10.8. The molecule has 234 valence electrons. The number of ether oxygens (including phenoxy) is 1. The number of amides is 2. The summed E-state index contributed by atoms with van der Waals surface area (Å²) in [6.45, 7) is 14.1. The highest BCUT2D eigenvalue weighted by Crippen LogP contribution is 2.21. The maximum atomic E-state index is 14.0. The molecule has 0 unspecified atom stereocenters. The van der Waals surface area contributed by atoms with Crippen molar-refractivity contribution >= 4 is 11.8 Å². The van der Waals surface area contributed by atoms with Crippen LogP contribution in [0.15, 0.2) is 54.2 Å². The van der Waals surface area contributed by atoms with Gasteiger partial charge in [-0.3, -0.25) is 9.59 Å². The summed E-state index contributed by atoms with van der Waals surface area (Å²) in [5.74, 6) is -2.21. The number of halogens is 2. The van der Waals surface area contributed by atoms with Gasteiger partial charge in [0, 0.05) is 43.0 Å². The van der Waals surface area contributed by atoms with Crippen molar-refractivity contribution in [3.63, 3.8) is 0 Å². The molecule has 0 radical (unpaired) electrons. The van der Waals surface area contributed by atoms with Crippen molar-refractivity contribution < 1.29 is 28.2 Å². The molecule has 1 aromatic rings. The molecule has 1 aliphatic rings. The first-order chi connectivity index (χ1) is 20.2. The smallest absolute Gasteiger partial charge is 0.253 e. The predicted molar refractivity (Wildman–Crippen MR) is 163 cm³/mol. The number of hydrogen-bond acceptors (Lipinski definition) is 5. The fourth-order valence-corrected chi connectivity index (χ4v) is 5.18. The van der Waals surface area contributed by atoms with Gasteiger partial charge in [0.05, 0.1) is 18.2 Å². The summed E-state index contributed by atoms with van der Waals surface area (Å²) in [5, 5.41) is 17.7. The van der Waals surface area contributed by atoms with Crippen LogP contribution in [0.4, 0.5) is 8.78 Å². The Labute approximate surface area is 250 Å². The van der Waals surface area contributed by atoms with E-state index in [1.807, 2.05) is 13.8 Å². The van der Waals surface area contributed by atoms with Crippen LogP contribution in [-0.4, -0.2) is 72.4 Å². The highest BCUT2D eigenvalue weighted by atomic mass is 19.1. The number of hydrogen-bond donors (Lipinski definition) is 3. The number of aliphatic hydroxyl groups is 1. The van der Waals surface area contributed by atoms with Crippen LogP contribution in [0.5, 0.6) is 0 Å². The highest BCUT2D eigenvalue weighted by molar-refractivity contribution is 6.02. The van der Waals surface area contributed by atoms with Gasteiger partial charge in [0.1, 0.15) is 11.6 Å². The van der Waals surface area contributed by atoms with Crippen molar-refractivity contribution in [3.05, 3.63) is 71.4 Å². The van der Waals surface area contributed by atoms with Gasteiger partial charge in [0.2, 0.25) is 0 Å². The van der Waals surface area contributed by atoms with Crippen LogP contribution in [0.1, 0.15) is 71.8 Å². The zero-order valence-corrected chi connectivity index (χ0v) is 25.6. The first-order valence-corrected chi connectivity index (χ1v) is 15.3. The number of unbranched alkanes of at least 4 members (excludes halogenated alkanes) is 1. The van der Waals surface area contributed by atoms with Gasteiger partial charge in [0.15, 0.2) is 0 Å². The zero-order valence-electron chi connectivity index (χ0n) is 25.6. The topological polar surface area (TPSA) is 90.9 Å². The van der Waals surface area contributed by atoms with Crippen molar-refractivity contribution in [1.82, 2.24) is 15.5 Å². The van der Waals surface area contributed by atoms with Gasteiger partial charge >= 0.3 is 0 Å². The molecule has 0 aromatic heterocycles. The number of benzene rings is 1. The van der Waals surface area contributed by atoms with Crippen LogP contribution in [-0.2, 0) is 20.7 Å². The fraction of sp³-hybridized carbons (Fsp3) is 0.576. The summed E-state index contributed by atoms with van der Waals surface area (Å²) >= 11 is 0. The number of nitrogens with one attached hydrogen (secondary N) is 2. The quantitative estimate of drug-likeness (QED) is 0.135. The second-order valence-corrected chi connectivity index (χ2v) is 10.8. The Morgan fingerprint density at radius 2 is 1.81 bits per heavy atom. The lowest BCUT2D eigenvalue weighted by Crippen LogP contribution is -2.57. The highest BCUT2D eigenvalue weighted by Gasteiger charge is 2.34. The molecule has 1 aliphatic heterocycles. The summed E-state index contributed by atoms with van der Waals surface area (Å²) < 4.78 is 34.1. The van der Waals surface area contributed by atoms with E-state index < -0.39 is 35.7 Å². The number of nitrogens with zero attached hydrogens (tertiary/aromatic N) is 1. The fourth-order valence-electron chi connectivity index (χ4n) is 5.18. The van der Waals surface area contributed by atoms with Crippen molar-refractivity contribution in [2.24, 2.45) is 0 Å². The second kappa shape index (κ2) is 18.6. The van der Waals surface area contributed by atoms with Crippen molar-refractivity contribution in [2.45, 2.75) is 96.9 Å². The minimum atomic E-state index is -1.09. The van der Waals surface area contributed by atoms with Gasteiger partial charge < -0.3 is 25.4 Å². The SMILES string of the molecule is C=C/C(=C\C(=C/C)C(=O)N(CCC)CCC)C(=O)N[C@@H](Cc1cc(F)cc(F)c1)[C@H](O)[C@H]1C[C@@H](OCCCC)CCN1. The maximum absolute atomic E-state index is 14.0. The lowest BCUT2D eigenvalue weighted by Gasteiger charge is -2.37. The Balaban J connectivity index is 2.32. The lowest BCUT2D eigenvalue weighted by atomic mass is 9.90. The summed E-state index contributed by atoms with van der Waals surface area (Å²) in [5.41, 5.74) is 0.795. The van der Waals surface area contributed by atoms with Gasteiger partial charge in [-0.2, -0.15) is 0 Å². The molecule has 1 heterocycles. The number of aliphatic hydroxyl groups excluding tert-OH is 1. The first-order valence-electron chi connectivity index (χ1n) is 15.3. The molecule has 0 bridgehead atoms. The van der Waals surface area contributed by atoms with Crippen LogP contribution in [0.3, 0.4) is 0 Å². The average molecular weight is 590 g/mol. The van der Waals surface area contributed by atoms with E-state index in [4.69, 9.17) is 4.74 Å². The monoisotopic (exact) mass is 589 g/mol. The van der Waals surface area contributed by atoms with Crippen molar-refractivity contribution in [3.8, 4) is 0 Å². The summed E-state index contributed by atoms with van der Waals surface area (Å²) in [7, 11) is 0. The van der Waals surface area contributed by atoms with E-state index in [1.54, 1.807) is 17.9 Å². The van der Waals surface area contributed by atoms with Crippen LogP contribution in [0, 0.1) is 11.6 Å². The molecule has 9 heteroatoms. The van der Waals surface area contributed by atoms with Gasteiger partial charge in [-0.15, -0.1) is 0 Å². The van der Waals surface area contributed by atoms with Crippen molar-refractivity contribution in [1.29, 1.82) is 0 Å². The van der Waals surface area contributed by atoms with Crippen molar-refractivity contribution in [2.75, 3.05) is 26.2 Å². The van der Waals surface area contributed by atoms with Crippen LogP contribution >= 0.6 is 0 Å². The molecule has 7 nitrogen and oxygen atoms in total. The standard InChI is InChI=1S/C33H49F2N3O4/c1-6-11-16-42-28-12-13-36-29(22-28)31(39)30(19-23-17-26(34)21-27(35)18-23)37-32(40)24(9-4)20-25(10-5)33(41)38(14-7-2)15-8-3/h9-10,17-18,20-21,28-31,36,39H,4,6-8,11-16,19,22H2,1-3,5H3,(H,37,40)/b24-20+,25-10+/t28-,29+,30-,31+/m0/s1. The maximum Gasteiger partial charge on any atom is 0.253 e. The third-order valence-corrected chi connectivity index (χ3v) is 7.39. The van der Waals surface area contributed by atoms with Gasteiger partial charge in [-0.1, -0.05) is 45.9 Å². The number of carbonyl (C=O) groups is 2. The summed E-state index contributed by atoms with van der Waals surface area (Å²) in [6, 6.07) is 1.86. The van der Waals surface area contributed by atoms with Gasteiger partial charge in [-0.05, 0) is 75.8 Å². The number of piperidine rings is 1. The summed E-state index contributed by atoms with van der Waals surface area (Å²) in [6.07, 6.45) is 8.28.